The number of aromatic nitrogens is 2. The molecule has 3 rings (SSSR count). The highest BCUT2D eigenvalue weighted by Crippen LogP contribution is 2.37. The van der Waals surface area contributed by atoms with Gasteiger partial charge in [-0.1, -0.05) is 47.5 Å². The smallest absolute Gasteiger partial charge is 0.206 e. The fourth-order valence-electron chi connectivity index (χ4n) is 2.26. The monoisotopic (exact) mass is 341 g/mol. The second kappa shape index (κ2) is 6.76. The lowest BCUT2D eigenvalue weighted by Gasteiger charge is -2.13. The van der Waals surface area contributed by atoms with Crippen molar-refractivity contribution in [2.45, 2.75) is 6.92 Å². The predicted octanol–water partition coefficient (Wildman–Crippen LogP) is 4.49. The van der Waals surface area contributed by atoms with Crippen molar-refractivity contribution in [2.24, 2.45) is 0 Å². The van der Waals surface area contributed by atoms with Crippen LogP contribution in [0.2, 0.25) is 5.15 Å². The summed E-state index contributed by atoms with van der Waals surface area (Å²) in [6, 6.07) is 15.0. The molecule has 0 unspecified atom stereocenters. The third-order valence-electron chi connectivity index (χ3n) is 3.41. The van der Waals surface area contributed by atoms with Gasteiger partial charge in [-0.05, 0) is 25.1 Å². The molecule has 0 fully saturated rings. The van der Waals surface area contributed by atoms with Crippen molar-refractivity contribution in [3.8, 4) is 28.6 Å². The summed E-state index contributed by atoms with van der Waals surface area (Å²) in [7, 11) is 1.56. The van der Waals surface area contributed by atoms with Crippen molar-refractivity contribution in [2.75, 3.05) is 12.8 Å². The van der Waals surface area contributed by atoms with Gasteiger partial charge in [0.1, 0.15) is 0 Å². The van der Waals surface area contributed by atoms with Crippen LogP contribution in [0.4, 0.5) is 5.82 Å². The van der Waals surface area contributed by atoms with E-state index in [1.165, 1.54) is 0 Å². The molecule has 3 aromatic rings. The summed E-state index contributed by atoms with van der Waals surface area (Å²) in [6.07, 6.45) is 0. The van der Waals surface area contributed by atoms with Gasteiger partial charge in [0.2, 0.25) is 5.75 Å². The molecule has 0 saturated heterocycles. The number of aryl methyl sites for hydroxylation is 1. The summed E-state index contributed by atoms with van der Waals surface area (Å²) < 4.78 is 11.0. The summed E-state index contributed by atoms with van der Waals surface area (Å²) >= 11 is 6.27. The van der Waals surface area contributed by atoms with Gasteiger partial charge in [0.05, 0.1) is 7.11 Å². The van der Waals surface area contributed by atoms with Crippen molar-refractivity contribution in [3.05, 3.63) is 59.2 Å². The number of benzene rings is 2. The van der Waals surface area contributed by atoms with Crippen LogP contribution in [0.5, 0.6) is 17.2 Å². The van der Waals surface area contributed by atoms with Gasteiger partial charge in [0.15, 0.2) is 28.3 Å². The third kappa shape index (κ3) is 3.26. The second-order valence-electron chi connectivity index (χ2n) is 5.17. The minimum Gasteiger partial charge on any atom is -0.493 e. The lowest BCUT2D eigenvalue weighted by molar-refractivity contribution is 0.378. The Morgan fingerprint density at radius 3 is 2.42 bits per heavy atom. The summed E-state index contributed by atoms with van der Waals surface area (Å²) in [4.78, 5) is 8.62. The van der Waals surface area contributed by atoms with Crippen molar-refractivity contribution in [1.29, 1.82) is 0 Å². The van der Waals surface area contributed by atoms with E-state index in [9.17, 15) is 0 Å². The molecule has 2 aromatic carbocycles. The number of anilines is 1. The molecule has 1 aromatic heterocycles. The van der Waals surface area contributed by atoms with E-state index in [4.69, 9.17) is 26.8 Å². The first-order valence-corrected chi connectivity index (χ1v) is 7.67. The standard InChI is InChI=1S/C18H16ClN3O2/c1-11-6-5-7-12(10-11)18-21-16(19)15(17(20)22-18)24-14-9-4-3-8-13(14)23-2/h3-10H,1-2H3,(H2,20,21,22). The highest BCUT2D eigenvalue weighted by Gasteiger charge is 2.16. The highest BCUT2D eigenvalue weighted by atomic mass is 35.5. The van der Waals surface area contributed by atoms with Crippen LogP contribution < -0.4 is 15.2 Å². The van der Waals surface area contributed by atoms with E-state index in [-0.39, 0.29) is 16.7 Å². The van der Waals surface area contributed by atoms with Crippen molar-refractivity contribution >= 4 is 17.4 Å². The number of nitrogens with two attached hydrogens (primary N) is 1. The Balaban J connectivity index is 1.99. The Morgan fingerprint density at radius 1 is 1.00 bits per heavy atom. The molecule has 0 radical (unpaired) electrons. The van der Waals surface area contributed by atoms with E-state index in [1.54, 1.807) is 19.2 Å². The van der Waals surface area contributed by atoms with Crippen molar-refractivity contribution in [1.82, 2.24) is 9.97 Å². The van der Waals surface area contributed by atoms with Gasteiger partial charge in [-0.25, -0.2) is 9.97 Å². The largest absolute Gasteiger partial charge is 0.493 e. The summed E-state index contributed by atoms with van der Waals surface area (Å²) in [6.45, 7) is 1.99. The SMILES string of the molecule is COc1ccccc1Oc1c(N)nc(-c2cccc(C)c2)nc1Cl. The molecule has 0 aliphatic heterocycles. The average Bonchev–Trinajstić information content (AvgIpc) is 2.58. The van der Waals surface area contributed by atoms with Gasteiger partial charge in [-0.2, -0.15) is 0 Å². The second-order valence-corrected chi connectivity index (χ2v) is 5.53. The number of para-hydroxylation sites is 2. The highest BCUT2D eigenvalue weighted by molar-refractivity contribution is 6.31. The third-order valence-corrected chi connectivity index (χ3v) is 3.66. The molecule has 2 N–H and O–H groups in total. The summed E-state index contributed by atoms with van der Waals surface area (Å²) in [5, 5.41) is 0.143. The number of ether oxygens (including phenoxy) is 2. The molecule has 0 spiro atoms. The van der Waals surface area contributed by atoms with Crippen LogP contribution in [-0.4, -0.2) is 17.1 Å². The van der Waals surface area contributed by atoms with Gasteiger partial charge in [-0.15, -0.1) is 0 Å². The zero-order chi connectivity index (χ0) is 17.1. The molecule has 0 saturated carbocycles. The molecule has 0 aliphatic rings. The minimum absolute atomic E-state index is 0.143. The van der Waals surface area contributed by atoms with Gasteiger partial charge in [0.25, 0.3) is 0 Å². The van der Waals surface area contributed by atoms with E-state index < -0.39 is 0 Å². The summed E-state index contributed by atoms with van der Waals surface area (Å²) in [5.41, 5.74) is 7.97. The van der Waals surface area contributed by atoms with Crippen LogP contribution in [0.1, 0.15) is 5.56 Å². The zero-order valence-electron chi connectivity index (χ0n) is 13.3. The maximum atomic E-state index is 6.27. The van der Waals surface area contributed by atoms with Gasteiger partial charge in [-0.3, -0.25) is 0 Å². The first-order valence-electron chi connectivity index (χ1n) is 7.29. The maximum Gasteiger partial charge on any atom is 0.206 e. The van der Waals surface area contributed by atoms with E-state index in [0.717, 1.165) is 11.1 Å². The zero-order valence-corrected chi connectivity index (χ0v) is 14.0. The number of rotatable bonds is 4. The van der Waals surface area contributed by atoms with E-state index in [1.807, 2.05) is 43.3 Å². The maximum absolute atomic E-state index is 6.27. The molecule has 0 atom stereocenters. The number of hydrogen-bond donors (Lipinski definition) is 1. The molecule has 1 heterocycles. The Labute approximate surface area is 145 Å². The summed E-state index contributed by atoms with van der Waals surface area (Å²) in [5.74, 6) is 1.87. The molecule has 5 nitrogen and oxygen atoms in total. The molecular weight excluding hydrogens is 326 g/mol. The average molecular weight is 342 g/mol. The Kier molecular flexibility index (Phi) is 4.53. The van der Waals surface area contributed by atoms with Crippen molar-refractivity contribution in [3.63, 3.8) is 0 Å². The van der Waals surface area contributed by atoms with Crippen LogP contribution >= 0.6 is 11.6 Å². The molecule has 0 amide bonds. The molecule has 6 heteroatoms. The fraction of sp³-hybridized carbons (Fsp3) is 0.111. The quantitative estimate of drug-likeness (QED) is 0.708. The number of methoxy groups -OCH3 is 1. The first-order chi connectivity index (χ1) is 11.6. The molecule has 24 heavy (non-hydrogen) atoms. The molecule has 0 bridgehead atoms. The number of halogens is 1. The predicted molar refractivity (Wildman–Crippen MR) is 94.7 cm³/mol. The normalized spacial score (nSPS) is 10.5. The Morgan fingerprint density at radius 2 is 1.75 bits per heavy atom. The van der Waals surface area contributed by atoms with Crippen LogP contribution in [0.15, 0.2) is 48.5 Å². The molecule has 0 aliphatic carbocycles. The first kappa shape index (κ1) is 16.1. The van der Waals surface area contributed by atoms with E-state index in [2.05, 4.69) is 9.97 Å². The fourth-order valence-corrected chi connectivity index (χ4v) is 2.48. The number of nitrogens with zero attached hydrogens (tertiary/aromatic N) is 2. The van der Waals surface area contributed by atoms with Crippen molar-refractivity contribution < 1.29 is 9.47 Å². The number of nitrogen functional groups attached to an aromatic ring is 1. The van der Waals surface area contributed by atoms with E-state index >= 15 is 0 Å². The Hall–Kier alpha value is -2.79. The van der Waals surface area contributed by atoms with E-state index in [0.29, 0.717) is 17.3 Å². The molecular formula is C18H16ClN3O2. The van der Waals surface area contributed by atoms with Crippen LogP contribution in [-0.2, 0) is 0 Å². The topological polar surface area (TPSA) is 70.3 Å². The lowest BCUT2D eigenvalue weighted by atomic mass is 10.1. The van der Waals surface area contributed by atoms with Gasteiger partial charge >= 0.3 is 0 Å². The van der Waals surface area contributed by atoms with Crippen LogP contribution in [0, 0.1) is 6.92 Å². The number of hydrogen-bond acceptors (Lipinski definition) is 5. The van der Waals surface area contributed by atoms with Crippen LogP contribution in [0.25, 0.3) is 11.4 Å². The molecule has 122 valence electrons. The minimum atomic E-state index is 0.143. The van der Waals surface area contributed by atoms with Gasteiger partial charge < -0.3 is 15.2 Å². The Bertz CT molecular complexity index is 861. The lowest BCUT2D eigenvalue weighted by Crippen LogP contribution is -2.01. The van der Waals surface area contributed by atoms with Gasteiger partial charge in [0, 0.05) is 5.56 Å². The van der Waals surface area contributed by atoms with Crippen LogP contribution in [0.3, 0.4) is 0 Å².